The van der Waals surface area contributed by atoms with Gasteiger partial charge in [0.15, 0.2) is 0 Å². The molecule has 0 saturated carbocycles. The number of nitrogens with two attached hydrogens (primary N) is 2. The summed E-state index contributed by atoms with van der Waals surface area (Å²) in [5.41, 5.74) is 13.2. The maximum absolute atomic E-state index is 12.5. The van der Waals surface area contributed by atoms with Crippen molar-refractivity contribution in [2.75, 3.05) is 5.73 Å². The third-order valence-electron chi connectivity index (χ3n) is 3.67. The number of nitrogen functional groups attached to an aromatic ring is 1. The van der Waals surface area contributed by atoms with E-state index in [0.29, 0.717) is 16.0 Å². The van der Waals surface area contributed by atoms with Crippen molar-refractivity contribution in [3.05, 3.63) is 46.8 Å². The number of pyridine rings is 2. The summed E-state index contributed by atoms with van der Waals surface area (Å²) in [7, 11) is 0. The lowest BCUT2D eigenvalue weighted by Gasteiger charge is -2.06. The second-order valence-electron chi connectivity index (χ2n) is 5.24. The highest BCUT2D eigenvalue weighted by Gasteiger charge is 2.18. The van der Waals surface area contributed by atoms with Gasteiger partial charge in [0.1, 0.15) is 16.1 Å². The number of anilines is 1. The molecule has 0 bridgehead atoms. The summed E-state index contributed by atoms with van der Waals surface area (Å²) in [6.45, 7) is 0. The highest BCUT2D eigenvalue weighted by atomic mass is 32.1. The van der Waals surface area contributed by atoms with Gasteiger partial charge in [-0.2, -0.15) is 5.10 Å². The van der Waals surface area contributed by atoms with E-state index in [1.54, 1.807) is 18.6 Å². The Morgan fingerprint density at radius 1 is 1.20 bits per heavy atom. The van der Waals surface area contributed by atoms with E-state index in [9.17, 15) is 9.59 Å². The van der Waals surface area contributed by atoms with Crippen LogP contribution in [0, 0.1) is 0 Å². The molecule has 124 valence electrons. The Kier molecular flexibility index (Phi) is 3.32. The van der Waals surface area contributed by atoms with Crippen molar-refractivity contribution in [3.8, 4) is 21.0 Å². The van der Waals surface area contributed by atoms with E-state index in [4.69, 9.17) is 11.5 Å². The zero-order chi connectivity index (χ0) is 17.6. The molecule has 0 saturated heterocycles. The number of carbonyl (C=O) groups excluding carboxylic acids is 1. The minimum Gasteiger partial charge on any atom is -0.396 e. The lowest BCUT2D eigenvalue weighted by molar-refractivity contribution is 0.1000. The van der Waals surface area contributed by atoms with Crippen molar-refractivity contribution in [2.24, 2.45) is 5.73 Å². The van der Waals surface area contributed by atoms with Gasteiger partial charge in [0.25, 0.3) is 5.56 Å². The highest BCUT2D eigenvalue weighted by molar-refractivity contribution is 7.18. The van der Waals surface area contributed by atoms with Gasteiger partial charge < -0.3 is 16.5 Å². The topological polar surface area (TPSA) is 156 Å². The van der Waals surface area contributed by atoms with Crippen molar-refractivity contribution in [1.82, 2.24) is 25.1 Å². The highest BCUT2D eigenvalue weighted by Crippen LogP contribution is 2.34. The van der Waals surface area contributed by atoms with Crippen molar-refractivity contribution >= 4 is 34.0 Å². The molecular weight excluding hydrogens is 342 g/mol. The number of nitrogens with one attached hydrogen (secondary N) is 2. The molecule has 0 atom stereocenters. The molecule has 0 spiro atoms. The molecule has 4 aromatic heterocycles. The largest absolute Gasteiger partial charge is 0.396 e. The molecule has 10 heteroatoms. The van der Waals surface area contributed by atoms with Gasteiger partial charge in [-0.25, -0.2) is 4.98 Å². The maximum Gasteiger partial charge on any atom is 0.260 e. The molecule has 25 heavy (non-hydrogen) atoms. The van der Waals surface area contributed by atoms with Crippen LogP contribution in [-0.4, -0.2) is 31.1 Å². The fourth-order valence-corrected chi connectivity index (χ4v) is 3.41. The van der Waals surface area contributed by atoms with Crippen molar-refractivity contribution in [1.29, 1.82) is 0 Å². The molecule has 4 aromatic rings. The number of hydrogen-bond acceptors (Lipinski definition) is 7. The summed E-state index contributed by atoms with van der Waals surface area (Å²) in [5, 5.41) is 7.09. The molecular formula is C15H11N7O2S. The molecule has 0 fully saturated rings. The van der Waals surface area contributed by atoms with Crippen LogP contribution in [-0.2, 0) is 0 Å². The SMILES string of the molecule is NC(=O)c1cnc2c(N)c(-c3ncc(-c4cn[nH]c4)s3)c(=O)[nH]c2c1. The number of carbonyl (C=O) groups is 1. The van der Waals surface area contributed by atoms with Crippen LogP contribution in [0.4, 0.5) is 5.69 Å². The molecule has 0 aliphatic rings. The van der Waals surface area contributed by atoms with Gasteiger partial charge in [-0.05, 0) is 6.07 Å². The molecule has 4 heterocycles. The molecule has 6 N–H and O–H groups in total. The Morgan fingerprint density at radius 3 is 2.76 bits per heavy atom. The molecule has 0 aromatic carbocycles. The molecule has 0 unspecified atom stereocenters. The zero-order valence-corrected chi connectivity index (χ0v) is 13.4. The van der Waals surface area contributed by atoms with Gasteiger partial charge in [0.2, 0.25) is 5.91 Å². The normalized spacial score (nSPS) is 11.0. The minimum absolute atomic E-state index is 0.187. The van der Waals surface area contributed by atoms with Crippen LogP contribution < -0.4 is 17.0 Å². The quantitative estimate of drug-likeness (QED) is 0.432. The van der Waals surface area contributed by atoms with Gasteiger partial charge in [-0.3, -0.25) is 19.7 Å². The first-order valence-corrected chi connectivity index (χ1v) is 7.93. The van der Waals surface area contributed by atoms with Crippen LogP contribution in [0.1, 0.15) is 10.4 Å². The number of primary amides is 1. The Morgan fingerprint density at radius 2 is 2.04 bits per heavy atom. The van der Waals surface area contributed by atoms with E-state index in [1.165, 1.54) is 23.6 Å². The summed E-state index contributed by atoms with van der Waals surface area (Å²) in [4.78, 5) is 35.7. The predicted molar refractivity (Wildman–Crippen MR) is 94.0 cm³/mol. The van der Waals surface area contributed by atoms with E-state index in [0.717, 1.165) is 10.4 Å². The second-order valence-corrected chi connectivity index (χ2v) is 6.27. The standard InChI is InChI=1S/C15H11N7O2S/c16-11-10(15-19-5-9(25-15)7-3-20-21-4-7)14(24)22-8-1-6(13(17)23)2-18-12(8)11/h1-5H,(H2,17,23)(H,20,21)(H3,16,22,24). The lowest BCUT2D eigenvalue weighted by Crippen LogP contribution is -2.15. The van der Waals surface area contributed by atoms with Crippen LogP contribution in [0.2, 0.25) is 0 Å². The zero-order valence-electron chi connectivity index (χ0n) is 12.6. The molecule has 0 aliphatic heterocycles. The van der Waals surface area contributed by atoms with Crippen LogP contribution in [0.3, 0.4) is 0 Å². The number of aromatic amines is 2. The molecule has 1 amide bonds. The number of rotatable bonds is 3. The van der Waals surface area contributed by atoms with Gasteiger partial charge in [-0.1, -0.05) is 0 Å². The van der Waals surface area contributed by atoms with Crippen LogP contribution in [0.25, 0.3) is 32.0 Å². The van der Waals surface area contributed by atoms with E-state index in [-0.39, 0.29) is 16.8 Å². The van der Waals surface area contributed by atoms with E-state index < -0.39 is 11.5 Å². The third-order valence-corrected chi connectivity index (χ3v) is 4.74. The number of nitrogens with zero attached hydrogens (tertiary/aromatic N) is 3. The lowest BCUT2D eigenvalue weighted by atomic mass is 10.1. The number of H-pyrrole nitrogens is 2. The molecule has 9 nitrogen and oxygen atoms in total. The Hall–Kier alpha value is -3.53. The van der Waals surface area contributed by atoms with Crippen LogP contribution in [0.15, 0.2) is 35.6 Å². The summed E-state index contributed by atoms with van der Waals surface area (Å²) in [6.07, 6.45) is 6.37. The second kappa shape index (κ2) is 5.53. The smallest absolute Gasteiger partial charge is 0.260 e. The van der Waals surface area contributed by atoms with Gasteiger partial charge >= 0.3 is 0 Å². The fraction of sp³-hybridized carbons (Fsp3) is 0. The monoisotopic (exact) mass is 353 g/mol. The minimum atomic E-state index is -0.637. The third kappa shape index (κ3) is 2.44. The average molecular weight is 353 g/mol. The van der Waals surface area contributed by atoms with Crippen molar-refractivity contribution in [2.45, 2.75) is 0 Å². The fourth-order valence-electron chi connectivity index (χ4n) is 2.46. The maximum atomic E-state index is 12.5. The first-order chi connectivity index (χ1) is 12.0. The molecule has 4 rings (SSSR count). The van der Waals surface area contributed by atoms with Crippen LogP contribution >= 0.6 is 11.3 Å². The Bertz CT molecular complexity index is 1160. The number of fused-ring (bicyclic) bond motifs is 1. The molecule has 0 radical (unpaired) electrons. The first kappa shape index (κ1) is 15.0. The summed E-state index contributed by atoms with van der Waals surface area (Å²) in [5.74, 6) is -0.637. The Labute approximate surface area is 143 Å². The predicted octanol–water partition coefficient (Wildman–Crippen LogP) is 1.12. The van der Waals surface area contributed by atoms with E-state index in [2.05, 4.69) is 25.1 Å². The van der Waals surface area contributed by atoms with Crippen molar-refractivity contribution in [3.63, 3.8) is 0 Å². The number of aromatic nitrogens is 5. The number of hydrogen-bond donors (Lipinski definition) is 4. The average Bonchev–Trinajstić information content (AvgIpc) is 3.25. The summed E-state index contributed by atoms with van der Waals surface area (Å²) < 4.78 is 0. The van der Waals surface area contributed by atoms with E-state index >= 15 is 0 Å². The van der Waals surface area contributed by atoms with Gasteiger partial charge in [-0.15, -0.1) is 11.3 Å². The summed E-state index contributed by atoms with van der Waals surface area (Å²) >= 11 is 1.32. The van der Waals surface area contributed by atoms with Crippen molar-refractivity contribution < 1.29 is 4.79 Å². The molecule has 0 aliphatic carbocycles. The Balaban J connectivity index is 1.89. The number of amides is 1. The summed E-state index contributed by atoms with van der Waals surface area (Å²) in [6, 6.07) is 1.45. The number of thiazole rings is 1. The van der Waals surface area contributed by atoms with Crippen LogP contribution in [0.5, 0.6) is 0 Å². The van der Waals surface area contributed by atoms with Gasteiger partial charge in [0.05, 0.1) is 27.8 Å². The van der Waals surface area contributed by atoms with Gasteiger partial charge in [0, 0.05) is 24.2 Å². The van der Waals surface area contributed by atoms with E-state index in [1.807, 2.05) is 0 Å². The first-order valence-electron chi connectivity index (χ1n) is 7.11.